The molecule has 0 aliphatic heterocycles. The Bertz CT molecular complexity index is 1520. The van der Waals surface area contributed by atoms with E-state index in [-0.39, 0.29) is 23.1 Å². The molecule has 3 heterocycles. The van der Waals surface area contributed by atoms with Crippen molar-refractivity contribution in [2.45, 2.75) is 59.7 Å². The smallest absolute Gasteiger partial charge is 0.344 e. The van der Waals surface area contributed by atoms with Crippen molar-refractivity contribution in [2.24, 2.45) is 0 Å². The third-order valence-corrected chi connectivity index (χ3v) is 5.18. The number of hydrogen-bond acceptors (Lipinski definition) is 13. The van der Waals surface area contributed by atoms with Gasteiger partial charge < -0.3 is 18.9 Å². The van der Waals surface area contributed by atoms with Gasteiger partial charge in [0.2, 0.25) is 0 Å². The quantitative estimate of drug-likeness (QED) is 0.155. The largest absolute Gasteiger partial charge is 0.461 e. The maximum Gasteiger partial charge on any atom is 0.344 e. The van der Waals surface area contributed by atoms with Crippen molar-refractivity contribution in [3.8, 4) is 22.9 Å². The Morgan fingerprint density at radius 3 is 1.70 bits per heavy atom. The molecule has 0 atom stereocenters. The lowest BCUT2D eigenvalue weighted by Crippen LogP contribution is -2.27. The number of carbonyl (C=O) groups excluding carboxylic acids is 2. The van der Waals surface area contributed by atoms with Gasteiger partial charge in [-0.3, -0.25) is 25.2 Å². The Kier molecular flexibility index (Phi) is 12.2. The molecule has 16 heteroatoms. The van der Waals surface area contributed by atoms with Crippen LogP contribution in [0.15, 0.2) is 47.3 Å². The Morgan fingerprint density at radius 1 is 0.773 bits per heavy atom. The zero-order valence-electron chi connectivity index (χ0n) is 25.2. The number of halogens is 1. The van der Waals surface area contributed by atoms with E-state index in [1.54, 1.807) is 59.9 Å². The molecule has 0 aromatic carbocycles. The third kappa shape index (κ3) is 12.2. The monoisotopic (exact) mass is 677 g/mol. The van der Waals surface area contributed by atoms with Gasteiger partial charge in [0.15, 0.2) is 13.2 Å². The first-order chi connectivity index (χ1) is 20.3. The van der Waals surface area contributed by atoms with Crippen LogP contribution in [0, 0.1) is 27.2 Å². The van der Waals surface area contributed by atoms with Crippen LogP contribution in [-0.2, 0) is 19.1 Å². The predicted octanol–water partition coefficient (Wildman–Crippen LogP) is 5.55. The highest BCUT2D eigenvalue weighted by molar-refractivity contribution is 9.10. The highest BCUT2D eigenvalue weighted by Crippen LogP contribution is 2.30. The Labute approximate surface area is 261 Å². The molecule has 15 nitrogen and oxygen atoms in total. The van der Waals surface area contributed by atoms with Crippen molar-refractivity contribution in [2.75, 3.05) is 13.2 Å². The van der Waals surface area contributed by atoms with Gasteiger partial charge in [0.1, 0.15) is 11.2 Å². The van der Waals surface area contributed by atoms with Crippen LogP contribution in [0.5, 0.6) is 11.8 Å². The van der Waals surface area contributed by atoms with Crippen molar-refractivity contribution in [3.63, 3.8) is 0 Å². The van der Waals surface area contributed by atoms with E-state index in [2.05, 4.69) is 30.9 Å². The first-order valence-corrected chi connectivity index (χ1v) is 13.7. The molecule has 0 aliphatic rings. The molecule has 3 rings (SSSR count). The van der Waals surface area contributed by atoms with Crippen molar-refractivity contribution in [1.82, 2.24) is 15.0 Å². The van der Waals surface area contributed by atoms with Crippen LogP contribution in [0.3, 0.4) is 0 Å². The number of nitrogens with zero attached hydrogens (tertiary/aromatic N) is 5. The highest BCUT2D eigenvalue weighted by atomic mass is 79.9. The van der Waals surface area contributed by atoms with Crippen LogP contribution < -0.4 is 9.47 Å². The number of nitro groups is 2. The molecule has 0 saturated carbocycles. The predicted molar refractivity (Wildman–Crippen MR) is 160 cm³/mol. The van der Waals surface area contributed by atoms with Crippen LogP contribution >= 0.6 is 15.9 Å². The molecule has 44 heavy (non-hydrogen) atoms. The Hall–Kier alpha value is -4.73. The van der Waals surface area contributed by atoms with Crippen molar-refractivity contribution in [1.29, 1.82) is 0 Å². The van der Waals surface area contributed by atoms with Crippen molar-refractivity contribution in [3.05, 3.63) is 73.3 Å². The zero-order chi connectivity index (χ0) is 33.2. The number of aromatic nitrogens is 3. The molecule has 0 amide bonds. The lowest BCUT2D eigenvalue weighted by Gasteiger charge is -2.19. The number of carbonyl (C=O) groups is 2. The number of hydrogen-bond donors (Lipinski definition) is 0. The maximum atomic E-state index is 11.7. The second-order valence-electron chi connectivity index (χ2n) is 11.0. The minimum Gasteiger partial charge on any atom is -0.461 e. The summed E-state index contributed by atoms with van der Waals surface area (Å²) in [6.07, 6.45) is 4.41. The first kappa shape index (κ1) is 35.5. The van der Waals surface area contributed by atoms with Crippen molar-refractivity contribution >= 4 is 39.2 Å². The van der Waals surface area contributed by atoms with Crippen LogP contribution in [0.4, 0.5) is 11.4 Å². The van der Waals surface area contributed by atoms with E-state index in [1.165, 1.54) is 24.5 Å². The summed E-state index contributed by atoms with van der Waals surface area (Å²) < 4.78 is 20.8. The van der Waals surface area contributed by atoms with Gasteiger partial charge in [-0.05, 0) is 82.1 Å². The number of rotatable bonds is 9. The second kappa shape index (κ2) is 15.1. The maximum absolute atomic E-state index is 11.7. The number of esters is 2. The third-order valence-electron chi connectivity index (χ3n) is 4.75. The highest BCUT2D eigenvalue weighted by Gasteiger charge is 2.23. The summed E-state index contributed by atoms with van der Waals surface area (Å²) in [6.45, 7) is 11.2. The number of ether oxygens (including phenoxy) is 4. The number of pyridine rings is 3. The molecule has 3 aromatic rings. The van der Waals surface area contributed by atoms with Gasteiger partial charge in [0.05, 0.1) is 9.85 Å². The lowest BCUT2D eigenvalue weighted by molar-refractivity contribution is -0.386. The van der Waals surface area contributed by atoms with E-state index in [1.807, 2.05) is 6.92 Å². The van der Waals surface area contributed by atoms with Gasteiger partial charge in [-0.25, -0.2) is 19.6 Å². The molecule has 0 radical (unpaired) electrons. The fourth-order valence-corrected chi connectivity index (χ4v) is 3.54. The molecule has 0 N–H and O–H groups in total. The molecular formula is C28H32BrN5O10. The normalized spacial score (nSPS) is 11.0. The van der Waals surface area contributed by atoms with E-state index in [0.29, 0.717) is 10.0 Å². The molecule has 236 valence electrons. The Balaban J connectivity index is 0.000000319. The molecule has 0 bridgehead atoms. The molecule has 3 aromatic heterocycles. The molecule has 0 aliphatic carbocycles. The van der Waals surface area contributed by atoms with E-state index in [0.717, 1.165) is 11.3 Å². The SMILES string of the molecule is CC(C)(C)OC(=O)COc1ncc(Br)cc1[N+](=O)[O-].Cc1cc(-c2cnc(OCC(=O)OC(C)(C)C)c([N+](=O)[O-])c2)ccn1. The van der Waals surface area contributed by atoms with Gasteiger partial charge in [0, 0.05) is 46.5 Å². The minimum atomic E-state index is -0.664. The topological polar surface area (TPSA) is 196 Å². The van der Waals surface area contributed by atoms with E-state index in [4.69, 9.17) is 18.9 Å². The molecular weight excluding hydrogens is 646 g/mol. The standard InChI is InChI=1S/C17H19N3O5.C11H13BrN2O5/c1-11-7-12(5-6-18-11)13-8-14(20(22)23)16(19-9-13)24-10-15(21)25-17(2,3)4;1-11(2,3)19-9(15)6-18-10-8(14(16)17)4-7(12)5-13-10/h5-9H,10H2,1-4H3;4-5H,6H2,1-3H3. The zero-order valence-corrected chi connectivity index (χ0v) is 26.7. The fourth-order valence-electron chi connectivity index (χ4n) is 3.22. The van der Waals surface area contributed by atoms with Crippen LogP contribution in [0.1, 0.15) is 47.2 Å². The summed E-state index contributed by atoms with van der Waals surface area (Å²) in [5.41, 5.74) is 0.144. The van der Waals surface area contributed by atoms with Gasteiger partial charge >= 0.3 is 23.3 Å². The van der Waals surface area contributed by atoms with Crippen LogP contribution in [0.25, 0.3) is 11.1 Å². The van der Waals surface area contributed by atoms with Gasteiger partial charge in [0.25, 0.3) is 11.8 Å². The average molecular weight is 678 g/mol. The average Bonchev–Trinajstić information content (AvgIpc) is 2.89. The van der Waals surface area contributed by atoms with E-state index in [9.17, 15) is 29.8 Å². The van der Waals surface area contributed by atoms with Gasteiger partial charge in [-0.2, -0.15) is 0 Å². The fraction of sp³-hybridized carbons (Fsp3) is 0.393. The van der Waals surface area contributed by atoms with Crippen LogP contribution in [0.2, 0.25) is 0 Å². The molecule has 0 saturated heterocycles. The molecule has 0 fully saturated rings. The van der Waals surface area contributed by atoms with Crippen molar-refractivity contribution < 1.29 is 38.4 Å². The summed E-state index contributed by atoms with van der Waals surface area (Å²) >= 11 is 3.07. The summed E-state index contributed by atoms with van der Waals surface area (Å²) in [7, 11) is 0. The summed E-state index contributed by atoms with van der Waals surface area (Å²) in [4.78, 5) is 55.8. The second-order valence-corrected chi connectivity index (χ2v) is 11.9. The summed E-state index contributed by atoms with van der Waals surface area (Å²) in [5.74, 6) is -1.70. The van der Waals surface area contributed by atoms with E-state index >= 15 is 0 Å². The summed E-state index contributed by atoms with van der Waals surface area (Å²) in [6, 6.07) is 6.13. The molecule has 0 spiro atoms. The molecule has 0 unspecified atom stereocenters. The van der Waals surface area contributed by atoms with Crippen LogP contribution in [-0.4, -0.2) is 61.2 Å². The van der Waals surface area contributed by atoms with Gasteiger partial charge in [-0.15, -0.1) is 0 Å². The first-order valence-electron chi connectivity index (χ1n) is 12.9. The Morgan fingerprint density at radius 2 is 1.25 bits per heavy atom. The van der Waals surface area contributed by atoms with E-state index < -0.39 is 46.2 Å². The summed E-state index contributed by atoms with van der Waals surface area (Å²) in [5, 5.41) is 22.1. The number of aryl methyl sites for hydroxylation is 1. The van der Waals surface area contributed by atoms with Gasteiger partial charge in [-0.1, -0.05) is 0 Å². The minimum absolute atomic E-state index is 0.223. The lowest BCUT2D eigenvalue weighted by atomic mass is 10.1.